The monoisotopic (exact) mass is 276 g/mol. The summed E-state index contributed by atoms with van der Waals surface area (Å²) in [5.41, 5.74) is 0. The maximum atomic E-state index is 12.9. The van der Waals surface area contributed by atoms with Gasteiger partial charge in [0.1, 0.15) is 5.82 Å². The molecule has 94 valence electrons. The van der Waals surface area contributed by atoms with E-state index in [4.69, 9.17) is 16.3 Å². The van der Waals surface area contributed by atoms with Gasteiger partial charge in [-0.1, -0.05) is 24.9 Å². The van der Waals surface area contributed by atoms with Gasteiger partial charge in [0.05, 0.1) is 17.4 Å². The highest BCUT2D eigenvalue weighted by Crippen LogP contribution is 2.24. The summed E-state index contributed by atoms with van der Waals surface area (Å²) < 4.78 is 17.9. The van der Waals surface area contributed by atoms with Crippen molar-refractivity contribution in [2.75, 3.05) is 12.4 Å². The minimum atomic E-state index is -0.457. The number of unbranched alkanes of at least 4 members (excludes halogenated alkanes) is 1. The number of hydrogen-bond acceptors (Lipinski definition) is 3. The Morgan fingerprint density at radius 1 is 1.53 bits per heavy atom. The SMILES string of the molecule is CCCCOC(=O)CSc1ccc(F)c(Cl)c1. The van der Waals surface area contributed by atoms with Crippen LogP contribution in [-0.4, -0.2) is 18.3 Å². The fourth-order valence-electron chi connectivity index (χ4n) is 1.08. The fourth-order valence-corrected chi connectivity index (χ4v) is 2.06. The molecule has 0 aromatic heterocycles. The maximum absolute atomic E-state index is 12.9. The van der Waals surface area contributed by atoms with E-state index in [0.717, 1.165) is 17.7 Å². The van der Waals surface area contributed by atoms with Gasteiger partial charge < -0.3 is 4.74 Å². The molecule has 5 heteroatoms. The molecule has 1 aromatic rings. The standard InChI is InChI=1S/C12H14ClFO2S/c1-2-3-6-16-12(15)8-17-9-4-5-11(14)10(13)7-9/h4-5,7H,2-3,6,8H2,1H3. The number of halogens is 2. The number of rotatable bonds is 6. The van der Waals surface area contributed by atoms with Crippen molar-refractivity contribution in [2.45, 2.75) is 24.7 Å². The van der Waals surface area contributed by atoms with Gasteiger partial charge in [0.2, 0.25) is 0 Å². The van der Waals surface area contributed by atoms with E-state index in [9.17, 15) is 9.18 Å². The fraction of sp³-hybridized carbons (Fsp3) is 0.417. The molecule has 0 aliphatic carbocycles. The van der Waals surface area contributed by atoms with Crippen LogP contribution >= 0.6 is 23.4 Å². The van der Waals surface area contributed by atoms with E-state index in [1.807, 2.05) is 6.92 Å². The molecule has 1 aromatic carbocycles. The van der Waals surface area contributed by atoms with Crippen molar-refractivity contribution < 1.29 is 13.9 Å². The first-order valence-electron chi connectivity index (χ1n) is 5.37. The number of hydrogen-bond donors (Lipinski definition) is 0. The van der Waals surface area contributed by atoms with E-state index in [1.165, 1.54) is 23.9 Å². The van der Waals surface area contributed by atoms with Crippen LogP contribution in [0.25, 0.3) is 0 Å². The second-order valence-electron chi connectivity index (χ2n) is 3.44. The molecular formula is C12H14ClFO2S. The van der Waals surface area contributed by atoms with Crippen molar-refractivity contribution in [1.82, 2.24) is 0 Å². The van der Waals surface area contributed by atoms with Crippen molar-refractivity contribution in [3.8, 4) is 0 Å². The maximum Gasteiger partial charge on any atom is 0.316 e. The molecule has 0 bridgehead atoms. The summed E-state index contributed by atoms with van der Waals surface area (Å²) >= 11 is 6.91. The van der Waals surface area contributed by atoms with Crippen molar-refractivity contribution >= 4 is 29.3 Å². The van der Waals surface area contributed by atoms with Gasteiger partial charge in [-0.15, -0.1) is 11.8 Å². The third kappa shape index (κ3) is 5.41. The lowest BCUT2D eigenvalue weighted by Gasteiger charge is -2.04. The average molecular weight is 277 g/mol. The molecule has 0 atom stereocenters. The third-order valence-electron chi connectivity index (χ3n) is 2.01. The molecule has 0 N–H and O–H groups in total. The molecule has 0 saturated carbocycles. The first-order valence-corrected chi connectivity index (χ1v) is 6.73. The van der Waals surface area contributed by atoms with E-state index >= 15 is 0 Å². The Morgan fingerprint density at radius 2 is 2.29 bits per heavy atom. The van der Waals surface area contributed by atoms with Crippen LogP contribution in [0.5, 0.6) is 0 Å². The smallest absolute Gasteiger partial charge is 0.316 e. The minimum Gasteiger partial charge on any atom is -0.465 e. The predicted molar refractivity (Wildman–Crippen MR) is 68.0 cm³/mol. The van der Waals surface area contributed by atoms with Crippen molar-refractivity contribution in [1.29, 1.82) is 0 Å². The highest BCUT2D eigenvalue weighted by Gasteiger charge is 2.06. The number of carbonyl (C=O) groups is 1. The Labute approximate surface area is 109 Å². The zero-order valence-corrected chi connectivity index (χ0v) is 11.1. The summed E-state index contributed by atoms with van der Waals surface area (Å²) in [4.78, 5) is 12.0. The molecule has 0 spiro atoms. The minimum absolute atomic E-state index is 0.0642. The van der Waals surface area contributed by atoms with Crippen LogP contribution < -0.4 is 0 Å². The summed E-state index contributed by atoms with van der Waals surface area (Å²) in [5, 5.41) is 0.0642. The van der Waals surface area contributed by atoms with E-state index < -0.39 is 5.82 Å². The summed E-state index contributed by atoms with van der Waals surface area (Å²) in [6.45, 7) is 2.49. The topological polar surface area (TPSA) is 26.3 Å². The molecule has 0 heterocycles. The first kappa shape index (κ1) is 14.3. The van der Waals surface area contributed by atoms with Gasteiger partial charge in [0.15, 0.2) is 0 Å². The number of ether oxygens (including phenoxy) is 1. The Kier molecular flexibility index (Phi) is 6.37. The van der Waals surface area contributed by atoms with E-state index in [0.29, 0.717) is 6.61 Å². The highest BCUT2D eigenvalue weighted by atomic mass is 35.5. The molecule has 0 aliphatic rings. The van der Waals surface area contributed by atoms with Gasteiger partial charge >= 0.3 is 5.97 Å². The molecule has 0 radical (unpaired) electrons. The van der Waals surface area contributed by atoms with Crippen molar-refractivity contribution in [2.24, 2.45) is 0 Å². The Balaban J connectivity index is 2.34. The number of thioether (sulfide) groups is 1. The second-order valence-corrected chi connectivity index (χ2v) is 4.89. The Morgan fingerprint density at radius 3 is 2.94 bits per heavy atom. The normalized spacial score (nSPS) is 10.3. The van der Waals surface area contributed by atoms with Gasteiger partial charge in [-0.2, -0.15) is 0 Å². The number of esters is 1. The molecule has 0 fully saturated rings. The third-order valence-corrected chi connectivity index (χ3v) is 3.27. The molecule has 0 unspecified atom stereocenters. The number of carbonyl (C=O) groups excluding carboxylic acids is 1. The summed E-state index contributed by atoms with van der Waals surface area (Å²) in [6, 6.07) is 4.37. The summed E-state index contributed by atoms with van der Waals surface area (Å²) in [6.07, 6.45) is 1.87. The zero-order valence-electron chi connectivity index (χ0n) is 9.54. The van der Waals surface area contributed by atoms with E-state index in [1.54, 1.807) is 6.07 Å². The van der Waals surface area contributed by atoms with Crippen LogP contribution in [0.2, 0.25) is 5.02 Å². The summed E-state index contributed by atoms with van der Waals surface area (Å²) in [7, 11) is 0. The lowest BCUT2D eigenvalue weighted by molar-refractivity contribution is -0.140. The van der Waals surface area contributed by atoms with Crippen LogP contribution in [-0.2, 0) is 9.53 Å². The van der Waals surface area contributed by atoms with Gasteiger partial charge in [-0.05, 0) is 24.6 Å². The van der Waals surface area contributed by atoms with E-state index in [-0.39, 0.29) is 16.7 Å². The lowest BCUT2D eigenvalue weighted by Crippen LogP contribution is -2.08. The van der Waals surface area contributed by atoms with Crippen LogP contribution in [0.1, 0.15) is 19.8 Å². The van der Waals surface area contributed by atoms with Gasteiger partial charge in [0.25, 0.3) is 0 Å². The Hall–Kier alpha value is -0.740. The van der Waals surface area contributed by atoms with Gasteiger partial charge in [-0.3, -0.25) is 4.79 Å². The molecule has 17 heavy (non-hydrogen) atoms. The molecule has 0 amide bonds. The van der Waals surface area contributed by atoms with E-state index in [2.05, 4.69) is 0 Å². The van der Waals surface area contributed by atoms with Crippen LogP contribution in [0.15, 0.2) is 23.1 Å². The molecule has 2 nitrogen and oxygen atoms in total. The lowest BCUT2D eigenvalue weighted by atomic mass is 10.3. The van der Waals surface area contributed by atoms with Crippen LogP contribution in [0.4, 0.5) is 4.39 Å². The largest absolute Gasteiger partial charge is 0.465 e. The quantitative estimate of drug-likeness (QED) is 0.448. The molecular weight excluding hydrogens is 263 g/mol. The molecule has 1 rings (SSSR count). The van der Waals surface area contributed by atoms with Crippen molar-refractivity contribution in [3.63, 3.8) is 0 Å². The van der Waals surface area contributed by atoms with Crippen LogP contribution in [0.3, 0.4) is 0 Å². The average Bonchev–Trinajstić information content (AvgIpc) is 2.31. The Bertz CT molecular complexity index is 385. The molecule has 0 saturated heterocycles. The molecule has 0 aliphatic heterocycles. The summed E-state index contributed by atoms with van der Waals surface area (Å²) in [5.74, 6) is -0.503. The zero-order chi connectivity index (χ0) is 12.7. The highest BCUT2D eigenvalue weighted by molar-refractivity contribution is 8.00. The van der Waals surface area contributed by atoms with Crippen molar-refractivity contribution in [3.05, 3.63) is 29.0 Å². The predicted octanol–water partition coefficient (Wildman–Crippen LogP) is 3.91. The number of benzene rings is 1. The second kappa shape index (κ2) is 7.56. The first-order chi connectivity index (χ1) is 8.13. The van der Waals surface area contributed by atoms with Gasteiger partial charge in [0, 0.05) is 4.90 Å². The van der Waals surface area contributed by atoms with Gasteiger partial charge in [-0.25, -0.2) is 4.39 Å². The van der Waals surface area contributed by atoms with Crippen LogP contribution in [0, 0.1) is 5.82 Å².